The third kappa shape index (κ3) is 3.32. The van der Waals surface area contributed by atoms with Gasteiger partial charge in [-0.2, -0.15) is 0 Å². The van der Waals surface area contributed by atoms with Gasteiger partial charge in [0.25, 0.3) is 11.8 Å². The lowest BCUT2D eigenvalue weighted by Gasteiger charge is -2.27. The Morgan fingerprint density at radius 3 is 2.69 bits per heavy atom. The first kappa shape index (κ1) is 18.6. The average molecular weight is 456 g/mol. The number of amides is 2. The van der Waals surface area contributed by atoms with Crippen molar-refractivity contribution in [1.82, 2.24) is 9.88 Å². The van der Waals surface area contributed by atoms with E-state index in [1.165, 1.54) is 5.56 Å². The summed E-state index contributed by atoms with van der Waals surface area (Å²) < 4.78 is 6.31. The van der Waals surface area contributed by atoms with E-state index in [9.17, 15) is 9.59 Å². The molecule has 7 heteroatoms. The van der Waals surface area contributed by atoms with Gasteiger partial charge in [-0.1, -0.05) is 15.9 Å². The molecular weight excluding hydrogens is 434 g/mol. The van der Waals surface area contributed by atoms with Gasteiger partial charge in [-0.3, -0.25) is 9.59 Å². The molecule has 3 aliphatic rings. The molecule has 0 radical (unpaired) electrons. The maximum atomic E-state index is 13.2. The van der Waals surface area contributed by atoms with Crippen LogP contribution in [0.3, 0.4) is 0 Å². The minimum absolute atomic E-state index is 0.0371. The van der Waals surface area contributed by atoms with Crippen LogP contribution < -0.4 is 5.32 Å². The number of halogens is 1. The van der Waals surface area contributed by atoms with E-state index in [4.69, 9.17) is 4.74 Å². The highest BCUT2D eigenvalue weighted by atomic mass is 79.9. The minimum Gasteiger partial charge on any atom is -0.378 e. The minimum atomic E-state index is -0.113. The summed E-state index contributed by atoms with van der Waals surface area (Å²) in [5.74, 6) is -0.0755. The first-order chi connectivity index (χ1) is 14.1. The number of rotatable bonds is 2. The molecule has 2 aromatic rings. The zero-order chi connectivity index (χ0) is 20.0. The highest BCUT2D eigenvalue weighted by molar-refractivity contribution is 9.10. The van der Waals surface area contributed by atoms with E-state index in [-0.39, 0.29) is 11.8 Å². The van der Waals surface area contributed by atoms with E-state index < -0.39 is 0 Å². The van der Waals surface area contributed by atoms with Gasteiger partial charge in [0.2, 0.25) is 0 Å². The maximum Gasteiger partial charge on any atom is 0.270 e. The zero-order valence-corrected chi connectivity index (χ0v) is 17.6. The number of ether oxygens (including phenoxy) is 1. The fourth-order valence-electron chi connectivity index (χ4n) is 4.44. The van der Waals surface area contributed by atoms with Gasteiger partial charge in [0.05, 0.1) is 18.8 Å². The molecule has 0 bridgehead atoms. The largest absolute Gasteiger partial charge is 0.378 e. The Hall–Kier alpha value is -2.38. The van der Waals surface area contributed by atoms with Gasteiger partial charge in [0.1, 0.15) is 5.69 Å². The van der Waals surface area contributed by atoms with E-state index in [0.29, 0.717) is 37.6 Å². The molecule has 0 spiro atoms. The summed E-state index contributed by atoms with van der Waals surface area (Å²) in [7, 11) is 0. The molecular formula is C22H22BrN3O3. The summed E-state index contributed by atoms with van der Waals surface area (Å²) in [6.45, 7) is 2.40. The Kier molecular flexibility index (Phi) is 4.80. The molecule has 29 heavy (non-hydrogen) atoms. The molecule has 1 aromatic heterocycles. The van der Waals surface area contributed by atoms with Crippen molar-refractivity contribution in [2.45, 2.75) is 25.7 Å². The number of carbonyl (C=O) groups is 2. The molecule has 1 saturated heterocycles. The molecule has 0 unspecified atom stereocenters. The number of carbonyl (C=O) groups excluding carboxylic acids is 2. The number of morpholine rings is 1. The molecule has 6 nitrogen and oxygen atoms in total. The van der Waals surface area contributed by atoms with Gasteiger partial charge in [0, 0.05) is 34.5 Å². The summed E-state index contributed by atoms with van der Waals surface area (Å²) >= 11 is 3.49. The van der Waals surface area contributed by atoms with Crippen LogP contribution in [0.15, 0.2) is 22.7 Å². The van der Waals surface area contributed by atoms with Crippen LogP contribution in [-0.4, -0.2) is 48.0 Å². The summed E-state index contributed by atoms with van der Waals surface area (Å²) in [6.07, 6.45) is 5.91. The quantitative estimate of drug-likeness (QED) is 0.678. The van der Waals surface area contributed by atoms with Crippen LogP contribution in [0.2, 0.25) is 0 Å². The summed E-state index contributed by atoms with van der Waals surface area (Å²) in [6, 6.07) is 5.77. The van der Waals surface area contributed by atoms with Crippen LogP contribution >= 0.6 is 15.9 Å². The van der Waals surface area contributed by atoms with Gasteiger partial charge in [0.15, 0.2) is 0 Å². The first-order valence-corrected chi connectivity index (χ1v) is 10.8. The predicted octanol–water partition coefficient (Wildman–Crippen LogP) is 3.62. The van der Waals surface area contributed by atoms with Crippen LogP contribution in [0.1, 0.15) is 45.7 Å². The number of hydrogen-bond donors (Lipinski definition) is 2. The third-order valence-corrected chi connectivity index (χ3v) is 6.41. The molecule has 3 heterocycles. The number of benzene rings is 1. The lowest BCUT2D eigenvalue weighted by molar-refractivity contribution is -0.110. The van der Waals surface area contributed by atoms with Crippen LogP contribution in [0.4, 0.5) is 5.69 Å². The highest BCUT2D eigenvalue weighted by Gasteiger charge is 2.29. The second-order valence-corrected chi connectivity index (χ2v) is 8.60. The summed E-state index contributed by atoms with van der Waals surface area (Å²) in [5.41, 5.74) is 6.18. The van der Waals surface area contributed by atoms with Crippen molar-refractivity contribution in [2.24, 2.45) is 0 Å². The molecule has 150 valence electrons. The van der Waals surface area contributed by atoms with Gasteiger partial charge in [-0.05, 0) is 61.1 Å². The number of H-pyrrole nitrogens is 1. The van der Waals surface area contributed by atoms with Crippen molar-refractivity contribution < 1.29 is 14.3 Å². The number of nitrogens with zero attached hydrogens (tertiary/aromatic N) is 1. The normalized spacial score (nSPS) is 19.8. The maximum absolute atomic E-state index is 13.2. The van der Waals surface area contributed by atoms with E-state index in [1.54, 1.807) is 0 Å². The number of fused-ring (bicyclic) bond motifs is 2. The third-order valence-electron chi connectivity index (χ3n) is 5.92. The second-order valence-electron chi connectivity index (χ2n) is 7.68. The fraction of sp³-hybridized carbons (Fsp3) is 0.364. The molecule has 2 aliphatic heterocycles. The van der Waals surface area contributed by atoms with Gasteiger partial charge in [-0.15, -0.1) is 0 Å². The van der Waals surface area contributed by atoms with Crippen molar-refractivity contribution in [3.8, 4) is 0 Å². The molecule has 1 fully saturated rings. The molecule has 0 saturated carbocycles. The lowest BCUT2D eigenvalue weighted by atomic mass is 9.91. The van der Waals surface area contributed by atoms with Crippen molar-refractivity contribution in [3.63, 3.8) is 0 Å². The Bertz CT molecular complexity index is 1030. The van der Waals surface area contributed by atoms with Gasteiger partial charge >= 0.3 is 0 Å². The van der Waals surface area contributed by atoms with Gasteiger partial charge in [-0.25, -0.2) is 0 Å². The van der Waals surface area contributed by atoms with E-state index in [2.05, 4.69) is 26.2 Å². The van der Waals surface area contributed by atoms with Crippen molar-refractivity contribution in [3.05, 3.63) is 50.8 Å². The standard InChI is InChI=1S/C22H22BrN3O3/c23-13-5-6-18-16(11-13)17(21(27)25-18)12-19-14-3-1-2-4-15(14)20(24-19)22(28)26-7-9-29-10-8-26/h5-6,11-12,24H,1-4,7-10H2,(H,25,27)/b17-12-. The smallest absolute Gasteiger partial charge is 0.270 e. The molecule has 0 atom stereocenters. The van der Waals surface area contributed by atoms with E-state index >= 15 is 0 Å². The summed E-state index contributed by atoms with van der Waals surface area (Å²) in [4.78, 5) is 31.0. The number of anilines is 1. The van der Waals surface area contributed by atoms with Gasteiger partial charge < -0.3 is 19.9 Å². The van der Waals surface area contributed by atoms with Crippen LogP contribution in [-0.2, 0) is 22.4 Å². The summed E-state index contributed by atoms with van der Waals surface area (Å²) in [5, 5.41) is 2.93. The van der Waals surface area contributed by atoms with Crippen molar-refractivity contribution in [1.29, 1.82) is 0 Å². The molecule has 5 rings (SSSR count). The fourth-order valence-corrected chi connectivity index (χ4v) is 4.80. The van der Waals surface area contributed by atoms with E-state index in [1.807, 2.05) is 29.2 Å². The second kappa shape index (κ2) is 7.46. The number of hydrogen-bond acceptors (Lipinski definition) is 3. The van der Waals surface area contributed by atoms with Crippen LogP contribution in [0.25, 0.3) is 11.6 Å². The average Bonchev–Trinajstić information content (AvgIpc) is 3.26. The Balaban J connectivity index is 1.57. The number of aromatic nitrogens is 1. The van der Waals surface area contributed by atoms with Crippen molar-refractivity contribution in [2.75, 3.05) is 31.6 Å². The Morgan fingerprint density at radius 2 is 1.90 bits per heavy atom. The molecule has 2 amide bonds. The number of nitrogens with one attached hydrogen (secondary N) is 2. The van der Waals surface area contributed by atoms with E-state index in [0.717, 1.165) is 52.7 Å². The molecule has 1 aromatic carbocycles. The lowest BCUT2D eigenvalue weighted by Crippen LogP contribution is -2.41. The zero-order valence-electron chi connectivity index (χ0n) is 16.0. The first-order valence-electron chi connectivity index (χ1n) is 10.1. The molecule has 2 N–H and O–H groups in total. The van der Waals surface area contributed by atoms with Crippen LogP contribution in [0.5, 0.6) is 0 Å². The predicted molar refractivity (Wildman–Crippen MR) is 115 cm³/mol. The number of aromatic amines is 1. The topological polar surface area (TPSA) is 74.4 Å². The Morgan fingerprint density at radius 1 is 1.14 bits per heavy atom. The SMILES string of the molecule is O=C1Nc2ccc(Br)cc2/C1=C/c1[nH]c(C(=O)N2CCOCC2)c2c1CCCC2. The molecule has 1 aliphatic carbocycles. The Labute approximate surface area is 177 Å². The van der Waals surface area contributed by atoms with Crippen molar-refractivity contribution >= 4 is 45.1 Å². The monoisotopic (exact) mass is 455 g/mol. The van der Waals surface area contributed by atoms with Crippen LogP contribution in [0, 0.1) is 0 Å². The highest BCUT2D eigenvalue weighted by Crippen LogP contribution is 2.37.